The number of β-amino-alcohol motifs (C(OH)–C–C–N with tert-alkyl or cyclic N) is 1. The molecule has 1 N–H and O–H groups in total. The Labute approximate surface area is 169 Å². The lowest BCUT2D eigenvalue weighted by Gasteiger charge is -2.36. The molecule has 1 aromatic rings. The Bertz CT molecular complexity index is 618. The van der Waals surface area contributed by atoms with Crippen LogP contribution in [0.2, 0.25) is 0 Å². The van der Waals surface area contributed by atoms with E-state index in [2.05, 4.69) is 15.9 Å². The summed E-state index contributed by atoms with van der Waals surface area (Å²) < 4.78 is 5.77. The molecule has 1 atom stereocenters. The third-order valence-corrected chi connectivity index (χ3v) is 5.64. The first-order valence-electron chi connectivity index (χ1n) is 10.6. The topological polar surface area (TPSA) is 56.3 Å². The zero-order valence-corrected chi connectivity index (χ0v) is 17.4. The smallest absolute Gasteiger partial charge is 0.236 e. The number of nitrogens with zero attached hydrogens (tertiary/aromatic N) is 3. The van der Waals surface area contributed by atoms with Crippen LogP contribution < -0.4 is 4.74 Å². The summed E-state index contributed by atoms with van der Waals surface area (Å²) in [6, 6.07) is 6.11. The molecule has 6 nitrogen and oxygen atoms in total. The molecule has 2 aliphatic rings. The molecule has 2 fully saturated rings. The van der Waals surface area contributed by atoms with Crippen LogP contribution in [-0.2, 0) is 4.79 Å². The minimum Gasteiger partial charge on any atom is -0.491 e. The van der Waals surface area contributed by atoms with E-state index >= 15 is 0 Å². The Morgan fingerprint density at radius 1 is 0.964 bits per heavy atom. The van der Waals surface area contributed by atoms with Gasteiger partial charge in [-0.3, -0.25) is 14.6 Å². The first-order valence-corrected chi connectivity index (χ1v) is 10.6. The Morgan fingerprint density at radius 3 is 2.21 bits per heavy atom. The molecule has 0 spiro atoms. The molecule has 2 heterocycles. The summed E-state index contributed by atoms with van der Waals surface area (Å²) in [5, 5.41) is 10.3. The summed E-state index contributed by atoms with van der Waals surface area (Å²) in [4.78, 5) is 18.9. The molecular weight excluding hydrogens is 354 g/mol. The van der Waals surface area contributed by atoms with E-state index in [9.17, 15) is 9.90 Å². The average molecular weight is 390 g/mol. The number of ether oxygens (including phenoxy) is 1. The van der Waals surface area contributed by atoms with Crippen LogP contribution in [0.25, 0.3) is 0 Å². The molecule has 0 saturated carbocycles. The van der Waals surface area contributed by atoms with E-state index in [1.165, 1.54) is 17.5 Å². The highest BCUT2D eigenvalue weighted by Crippen LogP contribution is 2.16. The number of rotatable bonds is 7. The van der Waals surface area contributed by atoms with Crippen LogP contribution in [0.1, 0.15) is 30.4 Å². The van der Waals surface area contributed by atoms with Gasteiger partial charge in [-0.15, -0.1) is 0 Å². The first-order chi connectivity index (χ1) is 13.5. The molecule has 1 unspecified atom stereocenters. The lowest BCUT2D eigenvalue weighted by molar-refractivity contribution is -0.133. The summed E-state index contributed by atoms with van der Waals surface area (Å²) in [5.41, 5.74) is 2.33. The van der Waals surface area contributed by atoms with Gasteiger partial charge < -0.3 is 14.7 Å². The molecule has 0 aliphatic carbocycles. The van der Waals surface area contributed by atoms with Crippen LogP contribution in [0, 0.1) is 13.8 Å². The van der Waals surface area contributed by atoms with Crippen LogP contribution in [0.15, 0.2) is 18.2 Å². The van der Waals surface area contributed by atoms with E-state index in [1.54, 1.807) is 0 Å². The number of carbonyl (C=O) groups excluding carboxylic acids is 1. The maximum Gasteiger partial charge on any atom is 0.236 e. The third-order valence-electron chi connectivity index (χ3n) is 5.64. The molecule has 6 heteroatoms. The highest BCUT2D eigenvalue weighted by atomic mass is 16.5. The minimum absolute atomic E-state index is 0.273. The highest BCUT2D eigenvalue weighted by molar-refractivity contribution is 5.78. The Kier molecular flexibility index (Phi) is 7.71. The monoisotopic (exact) mass is 389 g/mol. The van der Waals surface area contributed by atoms with Gasteiger partial charge in [0.05, 0.1) is 6.54 Å². The fourth-order valence-electron chi connectivity index (χ4n) is 4.12. The summed E-state index contributed by atoms with van der Waals surface area (Å²) in [6.07, 6.45) is 3.02. The molecule has 2 saturated heterocycles. The van der Waals surface area contributed by atoms with E-state index in [-0.39, 0.29) is 5.91 Å². The van der Waals surface area contributed by atoms with Crippen molar-refractivity contribution in [3.8, 4) is 5.75 Å². The molecule has 1 aromatic carbocycles. The first kappa shape index (κ1) is 21.1. The van der Waals surface area contributed by atoms with E-state index in [1.807, 2.05) is 30.9 Å². The lowest BCUT2D eigenvalue weighted by Crippen LogP contribution is -2.52. The predicted octanol–water partition coefficient (Wildman–Crippen LogP) is 1.67. The second kappa shape index (κ2) is 10.2. The van der Waals surface area contributed by atoms with Crippen molar-refractivity contribution in [2.24, 2.45) is 0 Å². The van der Waals surface area contributed by atoms with Gasteiger partial charge in [0.2, 0.25) is 5.91 Å². The number of aliphatic hydroxyl groups is 1. The number of piperidine rings is 1. The zero-order valence-electron chi connectivity index (χ0n) is 17.4. The SMILES string of the molecule is Cc1cc(C)cc(OCC(O)CN2CCN(CC(=O)N3CCCCC3)CC2)c1. The Morgan fingerprint density at radius 2 is 1.57 bits per heavy atom. The largest absolute Gasteiger partial charge is 0.491 e. The van der Waals surface area contributed by atoms with Crippen molar-refractivity contribution < 1.29 is 14.6 Å². The number of piperazine rings is 1. The van der Waals surface area contributed by atoms with Gasteiger partial charge in [-0.2, -0.15) is 0 Å². The number of benzene rings is 1. The van der Waals surface area contributed by atoms with Crippen LogP contribution >= 0.6 is 0 Å². The van der Waals surface area contributed by atoms with Gasteiger partial charge in [0, 0.05) is 45.8 Å². The van der Waals surface area contributed by atoms with Gasteiger partial charge >= 0.3 is 0 Å². The van der Waals surface area contributed by atoms with Gasteiger partial charge in [0.15, 0.2) is 0 Å². The molecule has 156 valence electrons. The van der Waals surface area contributed by atoms with Gasteiger partial charge in [-0.25, -0.2) is 0 Å². The number of likely N-dealkylation sites (tertiary alicyclic amines) is 1. The van der Waals surface area contributed by atoms with Crippen molar-refractivity contribution in [3.05, 3.63) is 29.3 Å². The maximum atomic E-state index is 12.4. The second-order valence-electron chi connectivity index (χ2n) is 8.31. The number of aliphatic hydroxyl groups excluding tert-OH is 1. The maximum absolute atomic E-state index is 12.4. The van der Waals surface area contributed by atoms with Gasteiger partial charge in [0.1, 0.15) is 18.5 Å². The van der Waals surface area contributed by atoms with Crippen molar-refractivity contribution in [3.63, 3.8) is 0 Å². The highest BCUT2D eigenvalue weighted by Gasteiger charge is 2.23. The van der Waals surface area contributed by atoms with Crippen LogP contribution in [-0.4, -0.2) is 90.8 Å². The second-order valence-corrected chi connectivity index (χ2v) is 8.31. The standard InChI is InChI=1S/C22H35N3O3/c1-18-12-19(2)14-21(13-18)28-17-20(26)15-23-8-10-24(11-9-23)16-22(27)25-6-4-3-5-7-25/h12-14,20,26H,3-11,15-17H2,1-2H3. The van der Waals surface area contributed by atoms with E-state index < -0.39 is 6.10 Å². The van der Waals surface area contributed by atoms with Crippen molar-refractivity contribution in [2.75, 3.05) is 59.0 Å². The zero-order chi connectivity index (χ0) is 19.9. The summed E-state index contributed by atoms with van der Waals surface area (Å²) in [7, 11) is 0. The molecule has 0 radical (unpaired) electrons. The quantitative estimate of drug-likeness (QED) is 0.769. The number of carbonyl (C=O) groups is 1. The minimum atomic E-state index is -0.512. The molecule has 3 rings (SSSR count). The Balaban J connectivity index is 1.34. The molecule has 0 bridgehead atoms. The summed E-state index contributed by atoms with van der Waals surface area (Å²) in [6.45, 7) is 10.9. The van der Waals surface area contributed by atoms with Crippen molar-refractivity contribution in [2.45, 2.75) is 39.2 Å². The van der Waals surface area contributed by atoms with Crippen LogP contribution in [0.5, 0.6) is 5.75 Å². The molecule has 1 amide bonds. The van der Waals surface area contributed by atoms with Gasteiger partial charge in [-0.1, -0.05) is 6.07 Å². The molecular formula is C22H35N3O3. The van der Waals surface area contributed by atoms with Crippen molar-refractivity contribution in [1.29, 1.82) is 0 Å². The van der Waals surface area contributed by atoms with Gasteiger partial charge in [-0.05, 0) is 56.4 Å². The van der Waals surface area contributed by atoms with Crippen molar-refractivity contribution >= 4 is 5.91 Å². The fraction of sp³-hybridized carbons (Fsp3) is 0.682. The fourth-order valence-corrected chi connectivity index (χ4v) is 4.12. The van der Waals surface area contributed by atoms with Gasteiger partial charge in [0.25, 0.3) is 0 Å². The lowest BCUT2D eigenvalue weighted by atomic mass is 10.1. The number of hydrogen-bond donors (Lipinski definition) is 1. The van der Waals surface area contributed by atoms with E-state index in [0.717, 1.165) is 57.9 Å². The summed E-state index contributed by atoms with van der Waals surface area (Å²) in [5.74, 6) is 1.09. The van der Waals surface area contributed by atoms with Crippen LogP contribution in [0.4, 0.5) is 0 Å². The molecule has 2 aliphatic heterocycles. The van der Waals surface area contributed by atoms with E-state index in [0.29, 0.717) is 19.7 Å². The predicted molar refractivity (Wildman–Crippen MR) is 111 cm³/mol. The number of hydrogen-bond acceptors (Lipinski definition) is 5. The number of aryl methyl sites for hydroxylation is 2. The van der Waals surface area contributed by atoms with E-state index in [4.69, 9.17) is 4.74 Å². The molecule has 0 aromatic heterocycles. The molecule has 28 heavy (non-hydrogen) atoms. The van der Waals surface area contributed by atoms with Crippen molar-refractivity contribution in [1.82, 2.24) is 14.7 Å². The Hall–Kier alpha value is -1.63. The normalized spacial score (nSPS) is 20.2. The van der Waals surface area contributed by atoms with Crippen LogP contribution in [0.3, 0.4) is 0 Å². The third kappa shape index (κ3) is 6.47. The summed E-state index contributed by atoms with van der Waals surface area (Å²) >= 11 is 0. The average Bonchev–Trinajstić information content (AvgIpc) is 2.68. The number of amides is 1.